The quantitative estimate of drug-likeness (QED) is 0.0414. The summed E-state index contributed by atoms with van der Waals surface area (Å²) >= 11 is 0. The molecule has 0 aromatic heterocycles. The van der Waals surface area contributed by atoms with Gasteiger partial charge in [-0.25, -0.2) is 0 Å². The van der Waals surface area contributed by atoms with E-state index < -0.39 is 152 Å². The highest BCUT2D eigenvalue weighted by molar-refractivity contribution is 5.98. The van der Waals surface area contributed by atoms with Gasteiger partial charge < -0.3 is 79.4 Å². The Hall–Kier alpha value is -5.99. The van der Waals surface area contributed by atoms with Crippen LogP contribution < -0.4 is 59.3 Å². The summed E-state index contributed by atoms with van der Waals surface area (Å²) in [5, 5.41) is 52.1. The lowest BCUT2D eigenvalue weighted by Crippen LogP contribution is -2.63. The zero-order valence-electron chi connectivity index (χ0n) is 43.1. The molecule has 0 aromatic carbocycles. The highest BCUT2D eigenvalue weighted by Gasteiger charge is 2.39. The fourth-order valence-corrected chi connectivity index (χ4v) is 7.45. The SMILES string of the molecule is CCCCCCCCCCCCCC1CC(=O)NC(C)C(=O)NC(CCCN)C(=O)NCCC(=O)NC(CO)C(=O)NC(C(C)O)C(=O)NC(CC(N)=O)C(=O)NC(C(C)(C)O)C(=O)NCC(=O)NCC(=O)O1. The number of ether oxygens (including phenoxy) is 1. The second-order valence-corrected chi connectivity index (χ2v) is 18.8. The van der Waals surface area contributed by atoms with Crippen LogP contribution in [-0.2, 0) is 57.5 Å². The number of aliphatic hydroxyl groups excluding tert-OH is 2. The number of carbonyl (C=O) groups excluding carboxylic acids is 11. The van der Waals surface area contributed by atoms with Crippen molar-refractivity contribution in [3.8, 4) is 0 Å². The Balaban J connectivity index is 3.43. The minimum absolute atomic E-state index is 0.0704. The third-order valence-electron chi connectivity index (χ3n) is 11.6. The number of aliphatic hydroxyl groups is 3. The number of hydrogen-bond donors (Lipinski definition) is 14. The molecule has 0 radical (unpaired) electrons. The normalized spacial score (nSPS) is 24.3. The van der Waals surface area contributed by atoms with Gasteiger partial charge in [-0.1, -0.05) is 71.1 Å². The van der Waals surface area contributed by atoms with E-state index >= 15 is 0 Å². The van der Waals surface area contributed by atoms with Gasteiger partial charge in [0.05, 0.1) is 37.7 Å². The van der Waals surface area contributed by atoms with Crippen molar-refractivity contribution in [2.75, 3.05) is 32.8 Å². The van der Waals surface area contributed by atoms with Gasteiger partial charge in [-0.2, -0.15) is 0 Å². The van der Waals surface area contributed by atoms with Crippen molar-refractivity contribution in [1.29, 1.82) is 0 Å². The molecule has 0 saturated carbocycles. The number of amides is 10. The van der Waals surface area contributed by atoms with Crippen LogP contribution >= 0.6 is 0 Å². The zero-order valence-corrected chi connectivity index (χ0v) is 43.1. The lowest BCUT2D eigenvalue weighted by molar-refractivity contribution is -0.151. The van der Waals surface area contributed by atoms with Gasteiger partial charge in [0.1, 0.15) is 48.9 Å². The summed E-state index contributed by atoms with van der Waals surface area (Å²) in [4.78, 5) is 144. The second-order valence-electron chi connectivity index (χ2n) is 18.8. The van der Waals surface area contributed by atoms with Crippen molar-refractivity contribution in [3.05, 3.63) is 0 Å². The number of nitrogens with two attached hydrogens (primary N) is 2. The lowest BCUT2D eigenvalue weighted by Gasteiger charge is -2.31. The van der Waals surface area contributed by atoms with Gasteiger partial charge in [0.2, 0.25) is 59.1 Å². The number of primary amides is 1. The van der Waals surface area contributed by atoms with Crippen LogP contribution in [0.4, 0.5) is 0 Å². The first-order valence-electron chi connectivity index (χ1n) is 25.2. The minimum Gasteiger partial charge on any atom is -0.461 e. The second kappa shape index (κ2) is 35.2. The van der Waals surface area contributed by atoms with Gasteiger partial charge in [0.15, 0.2) is 0 Å². The molecule has 1 aliphatic heterocycles. The molecular weight excluding hydrogens is 959 g/mol. The van der Waals surface area contributed by atoms with E-state index in [-0.39, 0.29) is 32.4 Å². The van der Waals surface area contributed by atoms with Gasteiger partial charge in [0.25, 0.3) is 0 Å². The van der Waals surface area contributed by atoms with Crippen LogP contribution in [0.25, 0.3) is 0 Å². The van der Waals surface area contributed by atoms with Crippen molar-refractivity contribution >= 4 is 65.0 Å². The molecule has 1 rings (SSSR count). The number of carbonyl (C=O) groups is 11. The van der Waals surface area contributed by atoms with E-state index in [2.05, 4.69) is 54.8 Å². The summed E-state index contributed by atoms with van der Waals surface area (Å²) < 4.78 is 5.61. The Bertz CT molecular complexity index is 1830. The third kappa shape index (κ3) is 27.6. The van der Waals surface area contributed by atoms with Gasteiger partial charge in [-0.05, 0) is 59.9 Å². The first kappa shape index (κ1) is 65.0. The van der Waals surface area contributed by atoms with Crippen molar-refractivity contribution in [2.45, 2.75) is 198 Å². The Morgan fingerprint density at radius 3 is 1.81 bits per heavy atom. The summed E-state index contributed by atoms with van der Waals surface area (Å²) in [7, 11) is 0. The van der Waals surface area contributed by atoms with Crippen molar-refractivity contribution in [3.63, 3.8) is 0 Å². The van der Waals surface area contributed by atoms with E-state index in [1.54, 1.807) is 0 Å². The summed E-state index contributed by atoms with van der Waals surface area (Å²) in [6, 6.07) is -9.70. The van der Waals surface area contributed by atoms with E-state index in [4.69, 9.17) is 16.2 Å². The van der Waals surface area contributed by atoms with Crippen molar-refractivity contribution < 1.29 is 72.8 Å². The summed E-state index contributed by atoms with van der Waals surface area (Å²) in [5.74, 6) is -10.8. The number of cyclic esters (lactones) is 1. The molecule has 0 bridgehead atoms. The predicted octanol–water partition coefficient (Wildman–Crippen LogP) is -3.57. The van der Waals surface area contributed by atoms with E-state index in [9.17, 15) is 68.1 Å². The van der Waals surface area contributed by atoms with Gasteiger partial charge in [-0.15, -0.1) is 0 Å². The molecule has 26 nitrogen and oxygen atoms in total. The van der Waals surface area contributed by atoms with Crippen LogP contribution in [0.15, 0.2) is 0 Å². The van der Waals surface area contributed by atoms with Gasteiger partial charge >= 0.3 is 5.97 Å². The molecule has 1 saturated heterocycles. The smallest absolute Gasteiger partial charge is 0.325 e. The fraction of sp³-hybridized carbons (Fsp3) is 0.766. The number of hydrogen-bond acceptors (Lipinski definition) is 16. The molecule has 73 heavy (non-hydrogen) atoms. The van der Waals surface area contributed by atoms with E-state index in [0.29, 0.717) is 12.8 Å². The lowest BCUT2D eigenvalue weighted by atomic mass is 9.97. The number of nitrogens with one attached hydrogen (secondary N) is 9. The molecule has 0 spiro atoms. The fourth-order valence-electron chi connectivity index (χ4n) is 7.45. The first-order chi connectivity index (χ1) is 34.4. The molecule has 8 atom stereocenters. The van der Waals surface area contributed by atoms with Crippen LogP contribution in [0.2, 0.25) is 0 Å². The molecule has 1 heterocycles. The Kier molecular flexibility index (Phi) is 31.4. The van der Waals surface area contributed by atoms with Crippen LogP contribution in [-0.4, -0.2) is 167 Å². The average molecular weight is 1040 g/mol. The molecular formula is C47H83N11O15. The highest BCUT2D eigenvalue weighted by Crippen LogP contribution is 2.16. The standard InChI is InChI=1S/C47H83N11O15/c1-6-7-8-9-10-11-12-13-14-15-16-18-30-23-36(63)53-28(2)41(66)55-31(19-17-21-48)42(67)50-22-20-35(62)54-33(27-59)44(69)57-39(29(3)60)45(70)56-32(24-34(49)61)43(68)58-40(47(4,5)72)46(71)52-25-37(64)51-26-38(65)73-30/h28-33,39-40,59-60,72H,6-27,48H2,1-5H3,(H2,49,61)(H,50,67)(H,51,64)(H,52,71)(H,53,63)(H,54,62)(H,55,66)(H,56,70)(H,57,69)(H,58,68). The average Bonchev–Trinajstić information content (AvgIpc) is 3.31. The predicted molar refractivity (Wildman–Crippen MR) is 264 cm³/mol. The molecule has 0 aliphatic carbocycles. The van der Waals surface area contributed by atoms with E-state index in [0.717, 1.165) is 52.9 Å². The van der Waals surface area contributed by atoms with Crippen molar-refractivity contribution in [1.82, 2.24) is 47.9 Å². The largest absolute Gasteiger partial charge is 0.461 e. The number of rotatable bonds is 20. The summed E-state index contributed by atoms with van der Waals surface area (Å²) in [6.45, 7) is 4.19. The van der Waals surface area contributed by atoms with Crippen LogP contribution in [0.5, 0.6) is 0 Å². The summed E-state index contributed by atoms with van der Waals surface area (Å²) in [6.07, 6.45) is 7.79. The molecule has 416 valence electrons. The molecule has 8 unspecified atom stereocenters. The first-order valence-corrected chi connectivity index (χ1v) is 25.2. The van der Waals surface area contributed by atoms with Gasteiger partial charge in [0, 0.05) is 13.0 Å². The summed E-state index contributed by atoms with van der Waals surface area (Å²) in [5.41, 5.74) is 8.93. The number of esters is 1. The molecule has 1 fully saturated rings. The molecule has 16 N–H and O–H groups in total. The Morgan fingerprint density at radius 2 is 1.25 bits per heavy atom. The molecule has 10 amide bonds. The maximum atomic E-state index is 13.5. The minimum atomic E-state index is -2.06. The Labute approximate surface area is 426 Å². The zero-order chi connectivity index (χ0) is 55.1. The van der Waals surface area contributed by atoms with Crippen molar-refractivity contribution in [2.24, 2.45) is 11.5 Å². The number of unbranched alkanes of at least 4 members (excludes halogenated alkanes) is 10. The van der Waals surface area contributed by atoms with Crippen LogP contribution in [0, 0.1) is 0 Å². The maximum Gasteiger partial charge on any atom is 0.325 e. The monoisotopic (exact) mass is 1040 g/mol. The van der Waals surface area contributed by atoms with E-state index in [1.165, 1.54) is 39.0 Å². The van der Waals surface area contributed by atoms with Crippen LogP contribution in [0.1, 0.15) is 144 Å². The molecule has 0 aromatic rings. The Morgan fingerprint density at radius 1 is 0.658 bits per heavy atom. The van der Waals surface area contributed by atoms with Gasteiger partial charge in [-0.3, -0.25) is 52.7 Å². The van der Waals surface area contributed by atoms with Crippen LogP contribution in [0.3, 0.4) is 0 Å². The molecule has 1 aliphatic rings. The highest BCUT2D eigenvalue weighted by atomic mass is 16.5. The third-order valence-corrected chi connectivity index (χ3v) is 11.6. The maximum absolute atomic E-state index is 13.5. The van der Waals surface area contributed by atoms with E-state index in [1.807, 2.05) is 0 Å². The molecule has 26 heteroatoms. The topological polar surface area (TPSA) is 418 Å².